The minimum atomic E-state index is -1.28. The summed E-state index contributed by atoms with van der Waals surface area (Å²) in [6.07, 6.45) is 5.07. The van der Waals surface area contributed by atoms with Gasteiger partial charge in [-0.3, -0.25) is 14.4 Å². The Balaban J connectivity index is 0.00000158. The van der Waals surface area contributed by atoms with Crippen molar-refractivity contribution in [2.24, 2.45) is 5.41 Å². The Morgan fingerprint density at radius 1 is 1.21 bits per heavy atom. The van der Waals surface area contributed by atoms with E-state index in [9.17, 15) is 19.5 Å². The molecule has 3 aliphatic carbocycles. The number of aliphatic carboxylic acids is 1. The standard InChI is InChI=1S/C25H25BrN2O4.C2H6/c1-4-5-14(2)21-15(3)20(17-12-16(26)6-7-18(17)27-21)22(30)28-24-8-10-25(11-9-24,23(31)32)19(29)13-24;1-2/h4-7,12H,1,8-11,13H2,2-3H3,(H,28,30)(H,31,32);1-2H3/b14-5+;. The van der Waals surface area contributed by atoms with E-state index in [4.69, 9.17) is 4.98 Å². The van der Waals surface area contributed by atoms with Gasteiger partial charge in [0.05, 0.1) is 16.8 Å². The lowest BCUT2D eigenvalue weighted by Crippen LogP contribution is -2.62. The first-order chi connectivity index (χ1) is 16.1. The highest BCUT2D eigenvalue weighted by molar-refractivity contribution is 9.10. The van der Waals surface area contributed by atoms with E-state index >= 15 is 0 Å². The van der Waals surface area contributed by atoms with Crippen LogP contribution in [0.3, 0.4) is 0 Å². The number of amides is 1. The molecule has 3 saturated carbocycles. The number of benzene rings is 1. The van der Waals surface area contributed by atoms with Gasteiger partial charge in [-0.25, -0.2) is 4.98 Å². The molecular formula is C27H31BrN2O4. The molecule has 0 aliphatic heterocycles. The van der Waals surface area contributed by atoms with Crippen molar-refractivity contribution in [2.45, 2.75) is 65.3 Å². The SMILES string of the molecule is C=C/C=C(\C)c1nc2ccc(Br)cc2c(C(=O)NC23CCC(C(=O)O)(CC2)C(=O)C3)c1C.CC. The van der Waals surface area contributed by atoms with Crippen LogP contribution in [-0.4, -0.2) is 33.3 Å². The van der Waals surface area contributed by atoms with Crippen LogP contribution in [0.4, 0.5) is 0 Å². The van der Waals surface area contributed by atoms with Crippen LogP contribution in [0.25, 0.3) is 16.5 Å². The molecule has 0 saturated heterocycles. The molecule has 2 N–H and O–H groups in total. The number of pyridine rings is 1. The molecule has 2 aromatic rings. The number of ketones is 1. The second-order valence-electron chi connectivity index (χ2n) is 8.93. The molecule has 34 heavy (non-hydrogen) atoms. The number of allylic oxidation sites excluding steroid dienone is 3. The van der Waals surface area contributed by atoms with Crippen molar-refractivity contribution >= 4 is 50.1 Å². The minimum absolute atomic E-state index is 0.0546. The number of Topliss-reactive ketones (excluding diaryl/α,β-unsaturated/α-hetero) is 1. The van der Waals surface area contributed by atoms with Crippen molar-refractivity contribution in [2.75, 3.05) is 0 Å². The largest absolute Gasteiger partial charge is 0.480 e. The van der Waals surface area contributed by atoms with Gasteiger partial charge in [-0.15, -0.1) is 0 Å². The first kappa shape index (κ1) is 25.8. The lowest BCUT2D eigenvalue weighted by Gasteiger charge is -2.50. The number of carboxylic acids is 1. The number of rotatable bonds is 5. The van der Waals surface area contributed by atoms with E-state index < -0.39 is 16.9 Å². The highest BCUT2D eigenvalue weighted by atomic mass is 79.9. The molecule has 0 atom stereocenters. The molecule has 0 unspecified atom stereocenters. The summed E-state index contributed by atoms with van der Waals surface area (Å²) in [6, 6.07) is 5.62. The van der Waals surface area contributed by atoms with Gasteiger partial charge in [0.25, 0.3) is 5.91 Å². The van der Waals surface area contributed by atoms with Gasteiger partial charge in [-0.05, 0) is 68.9 Å². The topological polar surface area (TPSA) is 96.4 Å². The zero-order valence-electron chi connectivity index (χ0n) is 20.1. The number of hydrogen-bond acceptors (Lipinski definition) is 4. The van der Waals surface area contributed by atoms with Crippen molar-refractivity contribution in [1.29, 1.82) is 0 Å². The average molecular weight is 527 g/mol. The second kappa shape index (κ2) is 9.82. The number of nitrogens with zero attached hydrogens (tertiary/aromatic N) is 1. The summed E-state index contributed by atoms with van der Waals surface area (Å²) in [5.74, 6) is -1.59. The van der Waals surface area contributed by atoms with Crippen LogP contribution in [0.2, 0.25) is 0 Å². The van der Waals surface area contributed by atoms with E-state index in [1.807, 2.05) is 52.0 Å². The van der Waals surface area contributed by atoms with Gasteiger partial charge in [0, 0.05) is 21.8 Å². The predicted molar refractivity (Wildman–Crippen MR) is 138 cm³/mol. The molecule has 3 fully saturated rings. The Bertz CT molecular complexity index is 1210. The van der Waals surface area contributed by atoms with Gasteiger partial charge in [0.15, 0.2) is 5.78 Å². The number of hydrogen-bond donors (Lipinski definition) is 2. The molecule has 3 aliphatic rings. The zero-order chi connectivity index (χ0) is 25.3. The third-order valence-corrected chi connectivity index (χ3v) is 7.53. The van der Waals surface area contributed by atoms with Crippen LogP contribution in [0.1, 0.15) is 74.5 Å². The Morgan fingerprint density at radius 2 is 1.85 bits per heavy atom. The lowest BCUT2D eigenvalue weighted by atomic mass is 9.56. The Hall–Kier alpha value is -2.80. The molecule has 7 heteroatoms. The molecule has 6 nitrogen and oxygen atoms in total. The Labute approximate surface area is 208 Å². The molecular weight excluding hydrogens is 496 g/mol. The van der Waals surface area contributed by atoms with Gasteiger partial charge in [0.2, 0.25) is 0 Å². The van der Waals surface area contributed by atoms with Crippen molar-refractivity contribution in [1.82, 2.24) is 10.3 Å². The fourth-order valence-electron chi connectivity index (χ4n) is 5.16. The normalized spacial score (nSPS) is 23.8. The van der Waals surface area contributed by atoms with Crippen molar-refractivity contribution in [3.05, 3.63) is 58.2 Å². The van der Waals surface area contributed by atoms with Crippen LogP contribution in [-0.2, 0) is 9.59 Å². The van der Waals surface area contributed by atoms with Gasteiger partial charge in [-0.2, -0.15) is 0 Å². The molecule has 1 amide bonds. The van der Waals surface area contributed by atoms with Crippen molar-refractivity contribution in [3.63, 3.8) is 0 Å². The van der Waals surface area contributed by atoms with Gasteiger partial charge in [0.1, 0.15) is 5.41 Å². The number of nitrogens with one attached hydrogen (secondary N) is 1. The van der Waals surface area contributed by atoms with E-state index in [-0.39, 0.29) is 31.0 Å². The van der Waals surface area contributed by atoms with E-state index in [1.54, 1.807) is 6.08 Å². The fraction of sp³-hybridized carbons (Fsp3) is 0.407. The summed E-state index contributed by atoms with van der Waals surface area (Å²) in [4.78, 5) is 42.9. The summed E-state index contributed by atoms with van der Waals surface area (Å²) in [7, 11) is 0. The number of halogens is 1. The minimum Gasteiger partial charge on any atom is -0.480 e. The molecule has 2 bridgehead atoms. The highest BCUT2D eigenvalue weighted by Crippen LogP contribution is 2.50. The summed E-state index contributed by atoms with van der Waals surface area (Å²) < 4.78 is 0.835. The Kier molecular flexibility index (Phi) is 7.46. The number of carboxylic acid groups (broad SMARTS) is 1. The highest BCUT2D eigenvalue weighted by Gasteiger charge is 2.58. The molecule has 180 valence electrons. The molecule has 5 rings (SSSR count). The van der Waals surface area contributed by atoms with Crippen LogP contribution in [0.5, 0.6) is 0 Å². The molecule has 0 radical (unpaired) electrons. The van der Waals surface area contributed by atoms with Crippen LogP contribution in [0.15, 0.2) is 41.4 Å². The molecule has 1 aromatic carbocycles. The maximum absolute atomic E-state index is 13.7. The van der Waals surface area contributed by atoms with Crippen LogP contribution in [0, 0.1) is 12.3 Å². The monoisotopic (exact) mass is 526 g/mol. The van der Waals surface area contributed by atoms with E-state index in [0.29, 0.717) is 23.9 Å². The molecule has 1 heterocycles. The van der Waals surface area contributed by atoms with Crippen LogP contribution >= 0.6 is 15.9 Å². The maximum Gasteiger partial charge on any atom is 0.317 e. The number of fused-ring (bicyclic) bond motifs is 4. The smallest absolute Gasteiger partial charge is 0.317 e. The predicted octanol–water partition coefficient (Wildman–Crippen LogP) is 6.01. The van der Waals surface area contributed by atoms with Gasteiger partial charge < -0.3 is 10.4 Å². The maximum atomic E-state index is 13.7. The molecule has 0 spiro atoms. The summed E-state index contributed by atoms with van der Waals surface area (Å²) in [5, 5.41) is 13.5. The van der Waals surface area contributed by atoms with E-state index in [2.05, 4.69) is 27.8 Å². The number of aromatic nitrogens is 1. The Morgan fingerprint density at radius 3 is 2.41 bits per heavy atom. The fourth-order valence-corrected chi connectivity index (χ4v) is 5.52. The number of carbonyl (C=O) groups excluding carboxylic acids is 2. The molecule has 1 aromatic heterocycles. The average Bonchev–Trinajstić information content (AvgIpc) is 2.80. The van der Waals surface area contributed by atoms with Gasteiger partial charge >= 0.3 is 5.97 Å². The quantitative estimate of drug-likeness (QED) is 0.367. The van der Waals surface area contributed by atoms with Gasteiger partial charge in [-0.1, -0.05) is 48.5 Å². The third kappa shape index (κ3) is 4.33. The third-order valence-electron chi connectivity index (χ3n) is 7.04. The second-order valence-corrected chi connectivity index (χ2v) is 9.84. The summed E-state index contributed by atoms with van der Waals surface area (Å²) in [5.41, 5.74) is 1.59. The summed E-state index contributed by atoms with van der Waals surface area (Å²) >= 11 is 3.48. The van der Waals surface area contributed by atoms with Crippen molar-refractivity contribution in [3.8, 4) is 0 Å². The van der Waals surface area contributed by atoms with E-state index in [1.165, 1.54) is 0 Å². The van der Waals surface area contributed by atoms with Crippen LogP contribution < -0.4 is 5.32 Å². The van der Waals surface area contributed by atoms with E-state index in [0.717, 1.165) is 26.7 Å². The lowest BCUT2D eigenvalue weighted by molar-refractivity contribution is -0.163. The summed E-state index contributed by atoms with van der Waals surface area (Å²) in [6.45, 7) is 11.5. The van der Waals surface area contributed by atoms with Crippen molar-refractivity contribution < 1.29 is 19.5 Å². The first-order valence-electron chi connectivity index (χ1n) is 11.6. The first-order valence-corrected chi connectivity index (χ1v) is 12.4. The number of carbonyl (C=O) groups is 3. The zero-order valence-corrected chi connectivity index (χ0v) is 21.7.